The van der Waals surface area contributed by atoms with Gasteiger partial charge >= 0.3 is 12.0 Å². The van der Waals surface area contributed by atoms with E-state index in [1.54, 1.807) is 38.5 Å². The lowest BCUT2D eigenvalue weighted by Crippen LogP contribution is -2.50. The Hall–Kier alpha value is -3.42. The van der Waals surface area contributed by atoms with Gasteiger partial charge in [0.1, 0.15) is 17.2 Å². The van der Waals surface area contributed by atoms with Gasteiger partial charge in [-0.05, 0) is 61.9 Å². The number of rotatable bonds is 15. The van der Waals surface area contributed by atoms with Crippen LogP contribution in [0.2, 0.25) is 0 Å². The molecule has 0 heterocycles. The van der Waals surface area contributed by atoms with Crippen molar-refractivity contribution in [1.82, 2.24) is 4.90 Å². The zero-order valence-corrected chi connectivity index (χ0v) is 22.3. The van der Waals surface area contributed by atoms with E-state index in [1.165, 1.54) is 12.8 Å². The Morgan fingerprint density at radius 1 is 0.973 bits per heavy atom. The van der Waals surface area contributed by atoms with Gasteiger partial charge in [-0.2, -0.15) is 0 Å². The minimum absolute atomic E-state index is 0.189. The summed E-state index contributed by atoms with van der Waals surface area (Å²) in [5, 5.41) is 12.6. The first-order valence-electron chi connectivity index (χ1n) is 13.2. The molecule has 0 radical (unpaired) electrons. The lowest BCUT2D eigenvalue weighted by atomic mass is 9.80. The quantitative estimate of drug-likeness (QED) is 0.278. The van der Waals surface area contributed by atoms with E-state index in [0.717, 1.165) is 31.2 Å². The molecule has 202 valence electrons. The highest BCUT2D eigenvalue weighted by Gasteiger charge is 2.47. The van der Waals surface area contributed by atoms with Gasteiger partial charge in [0.15, 0.2) is 0 Å². The molecule has 0 bridgehead atoms. The van der Waals surface area contributed by atoms with Crippen molar-refractivity contribution in [1.29, 1.82) is 0 Å². The number of aliphatic carboxylic acids is 1. The number of carboxylic acid groups (broad SMARTS) is 1. The molecule has 1 saturated carbocycles. The maximum Gasteiger partial charge on any atom is 0.348 e. The highest BCUT2D eigenvalue weighted by molar-refractivity contribution is 5.91. The summed E-state index contributed by atoms with van der Waals surface area (Å²) >= 11 is 0. The highest BCUT2D eigenvalue weighted by Crippen LogP contribution is 2.37. The fourth-order valence-corrected chi connectivity index (χ4v) is 4.43. The molecule has 2 N–H and O–H groups in total. The number of hydrogen-bond acceptors (Lipinski definition) is 5. The number of carbonyl (C=O) groups excluding carboxylic acids is 1. The van der Waals surface area contributed by atoms with Crippen LogP contribution in [0.4, 0.5) is 10.5 Å². The van der Waals surface area contributed by atoms with Gasteiger partial charge in [0.05, 0.1) is 19.9 Å². The van der Waals surface area contributed by atoms with Crippen molar-refractivity contribution in [3.8, 4) is 17.2 Å². The second kappa shape index (κ2) is 13.8. The molecule has 2 amide bonds. The summed E-state index contributed by atoms with van der Waals surface area (Å²) in [6.07, 6.45) is 8.04. The number of carboxylic acids is 1. The predicted molar refractivity (Wildman–Crippen MR) is 144 cm³/mol. The maximum absolute atomic E-state index is 13.3. The number of ether oxygens (including phenoxy) is 3. The second-order valence-electron chi connectivity index (χ2n) is 9.55. The van der Waals surface area contributed by atoms with Crippen LogP contribution in [-0.4, -0.2) is 54.9 Å². The van der Waals surface area contributed by atoms with Crippen LogP contribution in [0.15, 0.2) is 42.5 Å². The zero-order chi connectivity index (χ0) is 26.7. The number of methoxy groups -OCH3 is 2. The van der Waals surface area contributed by atoms with Gasteiger partial charge < -0.3 is 29.5 Å². The molecule has 1 aliphatic carbocycles. The molecule has 37 heavy (non-hydrogen) atoms. The first-order chi connectivity index (χ1) is 17.9. The smallest absolute Gasteiger partial charge is 0.348 e. The van der Waals surface area contributed by atoms with Crippen molar-refractivity contribution < 1.29 is 28.9 Å². The second-order valence-corrected chi connectivity index (χ2v) is 9.55. The van der Waals surface area contributed by atoms with E-state index in [4.69, 9.17) is 14.2 Å². The van der Waals surface area contributed by atoms with Gasteiger partial charge in [-0.3, -0.25) is 0 Å². The van der Waals surface area contributed by atoms with Gasteiger partial charge in [-0.15, -0.1) is 0 Å². The Labute approximate surface area is 219 Å². The largest absolute Gasteiger partial charge is 0.497 e. The van der Waals surface area contributed by atoms with Crippen molar-refractivity contribution >= 4 is 17.7 Å². The minimum Gasteiger partial charge on any atom is -0.497 e. The van der Waals surface area contributed by atoms with Crippen molar-refractivity contribution in [3.63, 3.8) is 0 Å². The summed E-state index contributed by atoms with van der Waals surface area (Å²) < 4.78 is 16.6. The first-order valence-corrected chi connectivity index (χ1v) is 13.2. The molecule has 3 rings (SSSR count). The molecule has 0 saturated heterocycles. The molecule has 8 heteroatoms. The number of nitrogens with zero attached hydrogens (tertiary/aromatic N) is 1. The van der Waals surface area contributed by atoms with E-state index in [2.05, 4.69) is 12.2 Å². The number of benzene rings is 2. The first kappa shape index (κ1) is 28.2. The van der Waals surface area contributed by atoms with Crippen LogP contribution in [0, 0.1) is 0 Å². The highest BCUT2D eigenvalue weighted by atomic mass is 16.5. The van der Waals surface area contributed by atoms with E-state index in [1.807, 2.05) is 23.1 Å². The van der Waals surface area contributed by atoms with Gasteiger partial charge in [-0.25, -0.2) is 9.59 Å². The van der Waals surface area contributed by atoms with E-state index in [9.17, 15) is 14.7 Å². The zero-order valence-electron chi connectivity index (χ0n) is 22.3. The number of anilines is 1. The van der Waals surface area contributed by atoms with Gasteiger partial charge in [0, 0.05) is 19.2 Å². The molecule has 1 aliphatic rings. The Morgan fingerprint density at radius 2 is 1.76 bits per heavy atom. The number of urea groups is 1. The molecule has 0 atom stereocenters. The number of unbranched alkanes of at least 4 members (excludes halogenated alkanes) is 4. The average Bonchev–Trinajstić information content (AvgIpc) is 2.88. The summed E-state index contributed by atoms with van der Waals surface area (Å²) in [5.74, 6) is 0.822. The number of hydrogen-bond donors (Lipinski definition) is 2. The predicted octanol–water partition coefficient (Wildman–Crippen LogP) is 6.14. The molecule has 2 aromatic carbocycles. The summed E-state index contributed by atoms with van der Waals surface area (Å²) in [4.78, 5) is 26.8. The van der Waals surface area contributed by atoms with Crippen molar-refractivity contribution in [2.45, 2.75) is 70.3 Å². The van der Waals surface area contributed by atoms with Crippen molar-refractivity contribution in [2.75, 3.05) is 32.6 Å². The summed E-state index contributed by atoms with van der Waals surface area (Å²) in [5.41, 5.74) is 0.461. The fraction of sp³-hybridized carbons (Fsp3) is 0.517. The third-order valence-electron chi connectivity index (χ3n) is 6.90. The van der Waals surface area contributed by atoms with Gasteiger partial charge in [-0.1, -0.05) is 44.7 Å². The van der Waals surface area contributed by atoms with Crippen LogP contribution in [-0.2, 0) is 11.2 Å². The molecular weight excluding hydrogens is 472 g/mol. The third kappa shape index (κ3) is 7.78. The van der Waals surface area contributed by atoms with Crippen LogP contribution in [0.1, 0.15) is 63.9 Å². The molecular formula is C29H40N2O6. The third-order valence-corrected chi connectivity index (χ3v) is 6.90. The van der Waals surface area contributed by atoms with E-state index in [0.29, 0.717) is 55.3 Å². The molecule has 2 aromatic rings. The summed E-state index contributed by atoms with van der Waals surface area (Å²) in [6.45, 7) is 3.35. The number of carbonyl (C=O) groups is 2. The topological polar surface area (TPSA) is 97.3 Å². The Kier molecular flexibility index (Phi) is 10.5. The van der Waals surface area contributed by atoms with Crippen LogP contribution in [0.3, 0.4) is 0 Å². The number of nitrogens with one attached hydrogen (secondary N) is 1. The maximum atomic E-state index is 13.3. The molecule has 0 unspecified atom stereocenters. The fourth-order valence-electron chi connectivity index (χ4n) is 4.43. The van der Waals surface area contributed by atoms with E-state index >= 15 is 0 Å². The molecule has 0 aromatic heterocycles. The van der Waals surface area contributed by atoms with Crippen LogP contribution in [0.25, 0.3) is 0 Å². The summed E-state index contributed by atoms with van der Waals surface area (Å²) in [7, 11) is 3.14. The average molecular weight is 513 g/mol. The molecule has 8 nitrogen and oxygen atoms in total. The van der Waals surface area contributed by atoms with Crippen LogP contribution in [0.5, 0.6) is 17.2 Å². The molecule has 0 aliphatic heterocycles. The normalized spacial score (nSPS) is 13.8. The Morgan fingerprint density at radius 3 is 2.41 bits per heavy atom. The Bertz CT molecular complexity index is 1040. The van der Waals surface area contributed by atoms with Gasteiger partial charge in [0.25, 0.3) is 0 Å². The summed E-state index contributed by atoms with van der Waals surface area (Å²) in [6, 6.07) is 12.6. The Balaban J connectivity index is 1.67. The van der Waals surface area contributed by atoms with E-state index < -0.39 is 11.6 Å². The lowest BCUT2D eigenvalue weighted by Gasteiger charge is -2.37. The van der Waals surface area contributed by atoms with Crippen LogP contribution < -0.4 is 19.5 Å². The lowest BCUT2D eigenvalue weighted by molar-refractivity contribution is -0.163. The van der Waals surface area contributed by atoms with Crippen LogP contribution >= 0.6 is 0 Å². The van der Waals surface area contributed by atoms with Crippen molar-refractivity contribution in [2.24, 2.45) is 0 Å². The molecule has 1 fully saturated rings. The monoisotopic (exact) mass is 512 g/mol. The van der Waals surface area contributed by atoms with Crippen molar-refractivity contribution in [3.05, 3.63) is 48.0 Å². The van der Waals surface area contributed by atoms with E-state index in [-0.39, 0.29) is 6.03 Å². The van der Waals surface area contributed by atoms with Gasteiger partial charge in [0.2, 0.25) is 5.60 Å². The molecule has 0 spiro atoms. The standard InChI is InChI=1S/C29H40N2O6/c1-4-5-6-7-8-18-31(28(34)30-25-14-13-23(35-2)21-26(25)36-3)19-15-22-11-9-12-24(20-22)37-29(27(32)33)16-10-17-29/h9,11-14,20-21H,4-8,10,15-19H2,1-3H3,(H,30,34)(H,32,33). The minimum atomic E-state index is -1.11. The SMILES string of the molecule is CCCCCCCN(CCc1cccc(OC2(C(=O)O)CCC2)c1)C(=O)Nc1ccc(OC)cc1OC. The number of amides is 2.